The molecule has 0 aliphatic carbocycles. The van der Waals surface area contributed by atoms with E-state index in [9.17, 15) is 4.57 Å². The molecule has 1 unspecified atom stereocenters. The van der Waals surface area contributed by atoms with Gasteiger partial charge in [0.15, 0.2) is 7.37 Å². The van der Waals surface area contributed by atoms with E-state index in [1.807, 2.05) is 6.92 Å². The van der Waals surface area contributed by atoms with Gasteiger partial charge in [0.25, 0.3) is 0 Å². The Balaban J connectivity index is 0. The molecular formula is C6H15O2PZn. The average Bonchev–Trinajstić information content (AvgIpc) is 1.84. The Morgan fingerprint density at radius 2 is 1.90 bits per heavy atom. The van der Waals surface area contributed by atoms with Crippen LogP contribution in [-0.2, 0) is 24.0 Å². The van der Waals surface area contributed by atoms with Crippen molar-refractivity contribution >= 4 is 7.37 Å². The molecule has 58 valence electrons. The van der Waals surface area contributed by atoms with Crippen molar-refractivity contribution in [1.82, 2.24) is 0 Å². The van der Waals surface area contributed by atoms with Crippen molar-refractivity contribution in [1.29, 1.82) is 0 Å². The molecule has 10 heavy (non-hydrogen) atoms. The number of hydrogen-bond acceptors (Lipinski definition) is 1. The van der Waals surface area contributed by atoms with Crippen molar-refractivity contribution in [3.05, 3.63) is 0 Å². The molecule has 0 aliphatic rings. The second-order valence-corrected chi connectivity index (χ2v) is 5.01. The van der Waals surface area contributed by atoms with Crippen molar-refractivity contribution in [3.8, 4) is 0 Å². The molecule has 0 rings (SSSR count). The molecule has 0 fully saturated rings. The molecule has 0 aromatic carbocycles. The fraction of sp³-hybridized carbons (Fsp3) is 1.00. The number of hydrogen-bond donors (Lipinski definition) is 1. The molecule has 0 heterocycles. The zero-order valence-corrected chi connectivity index (χ0v) is 10.7. The quantitative estimate of drug-likeness (QED) is 0.576. The molecule has 0 aromatic heterocycles. The molecule has 1 atom stereocenters. The van der Waals surface area contributed by atoms with E-state index in [4.69, 9.17) is 4.89 Å². The topological polar surface area (TPSA) is 37.3 Å². The van der Waals surface area contributed by atoms with Gasteiger partial charge in [0.05, 0.1) is 0 Å². The van der Waals surface area contributed by atoms with Crippen LogP contribution in [0.4, 0.5) is 0 Å². The van der Waals surface area contributed by atoms with E-state index in [1.54, 1.807) is 6.92 Å². The van der Waals surface area contributed by atoms with Crippen molar-refractivity contribution < 1.29 is 28.9 Å². The molecule has 1 N–H and O–H groups in total. The van der Waals surface area contributed by atoms with Gasteiger partial charge in [0.1, 0.15) is 0 Å². The second kappa shape index (κ2) is 6.52. The van der Waals surface area contributed by atoms with Gasteiger partial charge in [-0.1, -0.05) is 20.3 Å². The largest absolute Gasteiger partial charge is 0.344 e. The molecule has 0 aromatic rings. The minimum Gasteiger partial charge on any atom is -0.344 e. The third-order valence-electron chi connectivity index (χ3n) is 1.36. The average molecular weight is 216 g/mol. The monoisotopic (exact) mass is 214 g/mol. The second-order valence-electron chi connectivity index (χ2n) is 2.24. The first-order chi connectivity index (χ1) is 4.12. The standard InChI is InChI=1S/C6H15O2P.Zn/c1-3-5-6-9(7,8)4-2;/h3-6H2,1-2H3,(H,7,8);. The van der Waals surface area contributed by atoms with Gasteiger partial charge in [0.2, 0.25) is 0 Å². The number of rotatable bonds is 4. The van der Waals surface area contributed by atoms with Crippen LogP contribution in [0, 0.1) is 0 Å². The van der Waals surface area contributed by atoms with Gasteiger partial charge < -0.3 is 4.89 Å². The van der Waals surface area contributed by atoms with E-state index in [2.05, 4.69) is 0 Å². The Morgan fingerprint density at radius 3 is 2.20 bits per heavy atom. The van der Waals surface area contributed by atoms with Crippen LogP contribution in [0.1, 0.15) is 26.7 Å². The van der Waals surface area contributed by atoms with Crippen LogP contribution in [-0.4, -0.2) is 17.2 Å². The maximum atomic E-state index is 10.9. The van der Waals surface area contributed by atoms with Crippen LogP contribution in [0.25, 0.3) is 0 Å². The molecule has 0 amide bonds. The van der Waals surface area contributed by atoms with Gasteiger partial charge in [-0.3, -0.25) is 4.57 Å². The summed E-state index contributed by atoms with van der Waals surface area (Å²) in [6.45, 7) is 3.78. The molecule has 0 radical (unpaired) electrons. The van der Waals surface area contributed by atoms with Crippen LogP contribution in [0.5, 0.6) is 0 Å². The third-order valence-corrected chi connectivity index (χ3v) is 3.36. The van der Waals surface area contributed by atoms with E-state index >= 15 is 0 Å². The maximum absolute atomic E-state index is 10.9. The normalized spacial score (nSPS) is 15.5. The predicted molar refractivity (Wildman–Crippen MR) is 40.1 cm³/mol. The summed E-state index contributed by atoms with van der Waals surface area (Å²) < 4.78 is 10.9. The van der Waals surface area contributed by atoms with Gasteiger partial charge in [0, 0.05) is 31.8 Å². The van der Waals surface area contributed by atoms with Gasteiger partial charge in [-0.25, -0.2) is 0 Å². The molecule has 0 saturated carbocycles. The molecule has 0 saturated heterocycles. The SMILES string of the molecule is CCCCP(=O)(O)CC.[Zn]. The van der Waals surface area contributed by atoms with E-state index in [1.165, 1.54) is 0 Å². The summed E-state index contributed by atoms with van der Waals surface area (Å²) in [6, 6.07) is 0. The summed E-state index contributed by atoms with van der Waals surface area (Å²) in [5.74, 6) is 0. The zero-order chi connectivity index (χ0) is 7.33. The fourth-order valence-electron chi connectivity index (χ4n) is 0.563. The summed E-state index contributed by atoms with van der Waals surface area (Å²) in [7, 11) is -2.69. The Bertz CT molecular complexity index is 116. The Hall–Kier alpha value is 0.813. The predicted octanol–water partition coefficient (Wildman–Crippen LogP) is 2.07. The summed E-state index contributed by atoms with van der Waals surface area (Å²) in [5.41, 5.74) is 0. The molecule has 0 bridgehead atoms. The molecular weight excluding hydrogens is 200 g/mol. The van der Waals surface area contributed by atoms with Gasteiger partial charge in [-0.15, -0.1) is 0 Å². The Kier molecular flexibility index (Phi) is 8.74. The van der Waals surface area contributed by atoms with Crippen molar-refractivity contribution in [2.45, 2.75) is 26.7 Å². The van der Waals surface area contributed by atoms with Crippen LogP contribution in [0.15, 0.2) is 0 Å². The van der Waals surface area contributed by atoms with Crippen molar-refractivity contribution in [3.63, 3.8) is 0 Å². The van der Waals surface area contributed by atoms with Crippen molar-refractivity contribution in [2.75, 3.05) is 12.3 Å². The first kappa shape index (κ1) is 13.4. The minimum atomic E-state index is -2.69. The Labute approximate surface area is 75.6 Å². The van der Waals surface area contributed by atoms with E-state index < -0.39 is 7.37 Å². The first-order valence-electron chi connectivity index (χ1n) is 3.43. The number of unbranched alkanes of at least 4 members (excludes halogenated alkanes) is 1. The van der Waals surface area contributed by atoms with Crippen LogP contribution in [0.3, 0.4) is 0 Å². The summed E-state index contributed by atoms with van der Waals surface area (Å²) >= 11 is 0. The maximum Gasteiger partial charge on any atom is 0.200 e. The first-order valence-corrected chi connectivity index (χ1v) is 5.46. The smallest absolute Gasteiger partial charge is 0.200 e. The molecule has 4 heteroatoms. The van der Waals surface area contributed by atoms with Crippen LogP contribution in [0.2, 0.25) is 0 Å². The van der Waals surface area contributed by atoms with Crippen LogP contribution >= 0.6 is 7.37 Å². The van der Waals surface area contributed by atoms with E-state index in [-0.39, 0.29) is 19.5 Å². The fourth-order valence-corrected chi connectivity index (χ4v) is 1.69. The molecule has 0 spiro atoms. The van der Waals surface area contributed by atoms with Gasteiger partial charge in [-0.2, -0.15) is 0 Å². The van der Waals surface area contributed by atoms with Crippen molar-refractivity contribution in [2.24, 2.45) is 0 Å². The molecule has 2 nitrogen and oxygen atoms in total. The minimum absolute atomic E-state index is 0. The van der Waals surface area contributed by atoms with E-state index in [0.717, 1.165) is 12.8 Å². The van der Waals surface area contributed by atoms with E-state index in [0.29, 0.717) is 12.3 Å². The summed E-state index contributed by atoms with van der Waals surface area (Å²) in [4.78, 5) is 9.01. The van der Waals surface area contributed by atoms with Crippen LogP contribution < -0.4 is 0 Å². The Morgan fingerprint density at radius 1 is 1.40 bits per heavy atom. The summed E-state index contributed by atoms with van der Waals surface area (Å²) in [5, 5.41) is 0. The van der Waals surface area contributed by atoms with Gasteiger partial charge in [-0.05, 0) is 6.42 Å². The summed E-state index contributed by atoms with van der Waals surface area (Å²) in [6.07, 6.45) is 2.80. The molecule has 0 aliphatic heterocycles. The zero-order valence-electron chi connectivity index (χ0n) is 6.84. The van der Waals surface area contributed by atoms with Gasteiger partial charge >= 0.3 is 0 Å². The third kappa shape index (κ3) is 6.93.